The van der Waals surface area contributed by atoms with Crippen LogP contribution in [-0.4, -0.2) is 26.4 Å². The first-order chi connectivity index (χ1) is 5.89. The number of hydrogen-bond donors (Lipinski definition) is 0. The Morgan fingerprint density at radius 1 is 1.08 bits per heavy atom. The Hall–Kier alpha value is -0.800. The van der Waals surface area contributed by atoms with Gasteiger partial charge < -0.3 is 13.9 Å². The van der Waals surface area contributed by atoms with Gasteiger partial charge in [-0.3, -0.25) is 0 Å². The van der Waals surface area contributed by atoms with Gasteiger partial charge in [0.25, 0.3) is 0 Å². The molecule has 0 saturated carbocycles. The van der Waals surface area contributed by atoms with Gasteiger partial charge in [0.2, 0.25) is 0 Å². The number of hydrogen-bond acceptors (Lipinski definition) is 3. The fourth-order valence-electron chi connectivity index (χ4n) is 0.801. The van der Waals surface area contributed by atoms with E-state index in [0.29, 0.717) is 0 Å². The average Bonchev–Trinajstić information content (AvgIpc) is 2.60. The van der Waals surface area contributed by atoms with Gasteiger partial charge in [0.15, 0.2) is 0 Å². The Labute approximate surface area is 72.3 Å². The van der Waals surface area contributed by atoms with E-state index in [1.807, 2.05) is 19.1 Å². The van der Waals surface area contributed by atoms with Gasteiger partial charge in [0.1, 0.15) is 5.76 Å². The molecule has 3 heteroatoms. The summed E-state index contributed by atoms with van der Waals surface area (Å²) in [6, 6.07) is 3.79. The third kappa shape index (κ3) is 4.16. The number of aryl methyl sites for hydroxylation is 1. The molecule has 12 heavy (non-hydrogen) atoms. The highest BCUT2D eigenvalue weighted by Crippen LogP contribution is 1.93. The van der Waals surface area contributed by atoms with Gasteiger partial charge >= 0.3 is 0 Å². The molecule has 68 valence electrons. The SMILES string of the molecule is C1COCCO1.Cc1ccco1. The molecule has 0 atom stereocenters. The first-order valence-corrected chi connectivity index (χ1v) is 4.05. The highest BCUT2D eigenvalue weighted by molar-refractivity contribution is 4.93. The molecule has 0 N–H and O–H groups in total. The van der Waals surface area contributed by atoms with E-state index in [1.54, 1.807) is 6.26 Å². The van der Waals surface area contributed by atoms with Crippen molar-refractivity contribution >= 4 is 0 Å². The largest absolute Gasteiger partial charge is 0.470 e. The predicted molar refractivity (Wildman–Crippen MR) is 45.1 cm³/mol. The molecule has 2 heterocycles. The van der Waals surface area contributed by atoms with E-state index in [2.05, 4.69) is 0 Å². The first kappa shape index (κ1) is 9.29. The van der Waals surface area contributed by atoms with Crippen LogP contribution in [0.2, 0.25) is 0 Å². The van der Waals surface area contributed by atoms with Gasteiger partial charge in [-0.1, -0.05) is 0 Å². The molecular formula is C9H14O3. The average molecular weight is 170 g/mol. The second-order valence-corrected chi connectivity index (χ2v) is 2.45. The summed E-state index contributed by atoms with van der Waals surface area (Å²) < 4.78 is 14.7. The third-order valence-corrected chi connectivity index (χ3v) is 1.41. The van der Waals surface area contributed by atoms with Crippen molar-refractivity contribution in [2.75, 3.05) is 26.4 Å². The van der Waals surface area contributed by atoms with Crippen molar-refractivity contribution in [1.29, 1.82) is 0 Å². The summed E-state index contributed by atoms with van der Waals surface area (Å²) in [5, 5.41) is 0. The van der Waals surface area contributed by atoms with Gasteiger partial charge in [-0.15, -0.1) is 0 Å². The van der Waals surface area contributed by atoms with Crippen LogP contribution in [0.1, 0.15) is 5.76 Å². The molecule has 1 aliphatic heterocycles. The van der Waals surface area contributed by atoms with E-state index in [1.165, 1.54) is 0 Å². The smallest absolute Gasteiger partial charge is 0.100 e. The molecule has 2 rings (SSSR count). The summed E-state index contributed by atoms with van der Waals surface area (Å²) in [6.45, 7) is 5.03. The lowest BCUT2D eigenvalue weighted by atomic mass is 10.5. The minimum Gasteiger partial charge on any atom is -0.470 e. The molecule has 0 amide bonds. The highest BCUT2D eigenvalue weighted by Gasteiger charge is 1.94. The standard InChI is InChI=1S/C5H6O.C4H8O2/c1-5-3-2-4-6-5;1-2-6-4-3-5-1/h2-4H,1H3;1-4H2. The van der Waals surface area contributed by atoms with E-state index in [4.69, 9.17) is 13.9 Å². The summed E-state index contributed by atoms with van der Waals surface area (Å²) in [5.74, 6) is 0.968. The summed E-state index contributed by atoms with van der Waals surface area (Å²) in [7, 11) is 0. The van der Waals surface area contributed by atoms with Gasteiger partial charge in [-0.05, 0) is 19.1 Å². The zero-order valence-electron chi connectivity index (χ0n) is 7.29. The van der Waals surface area contributed by atoms with Crippen LogP contribution in [-0.2, 0) is 9.47 Å². The van der Waals surface area contributed by atoms with Crippen molar-refractivity contribution in [3.05, 3.63) is 24.2 Å². The topological polar surface area (TPSA) is 31.6 Å². The lowest BCUT2D eigenvalue weighted by Crippen LogP contribution is -2.16. The van der Waals surface area contributed by atoms with Gasteiger partial charge in [0.05, 0.1) is 32.7 Å². The molecule has 0 bridgehead atoms. The molecule has 1 aromatic rings. The first-order valence-electron chi connectivity index (χ1n) is 4.05. The number of furan rings is 1. The molecule has 0 unspecified atom stereocenters. The Morgan fingerprint density at radius 3 is 1.83 bits per heavy atom. The van der Waals surface area contributed by atoms with E-state index in [-0.39, 0.29) is 0 Å². The maximum absolute atomic E-state index is 4.94. The molecule has 1 aromatic heterocycles. The minimum atomic E-state index is 0.778. The summed E-state index contributed by atoms with van der Waals surface area (Å²) in [6.07, 6.45) is 1.66. The molecule has 1 fully saturated rings. The Bertz CT molecular complexity index is 166. The van der Waals surface area contributed by atoms with Crippen LogP contribution in [0.4, 0.5) is 0 Å². The van der Waals surface area contributed by atoms with E-state index >= 15 is 0 Å². The molecule has 0 aromatic carbocycles. The molecular weight excluding hydrogens is 156 g/mol. The van der Waals surface area contributed by atoms with Crippen molar-refractivity contribution in [3.8, 4) is 0 Å². The van der Waals surface area contributed by atoms with E-state index in [9.17, 15) is 0 Å². The van der Waals surface area contributed by atoms with Gasteiger partial charge in [-0.2, -0.15) is 0 Å². The molecule has 0 spiro atoms. The Morgan fingerprint density at radius 2 is 1.67 bits per heavy atom. The quantitative estimate of drug-likeness (QED) is 0.593. The van der Waals surface area contributed by atoms with Crippen LogP contribution in [0.25, 0.3) is 0 Å². The zero-order valence-corrected chi connectivity index (χ0v) is 7.29. The Kier molecular flexibility index (Phi) is 4.49. The minimum absolute atomic E-state index is 0.778. The molecule has 0 radical (unpaired) electrons. The normalized spacial score (nSPS) is 16.4. The maximum atomic E-state index is 4.94. The predicted octanol–water partition coefficient (Wildman–Crippen LogP) is 1.62. The van der Waals surface area contributed by atoms with Crippen molar-refractivity contribution < 1.29 is 13.9 Å². The van der Waals surface area contributed by atoms with Gasteiger partial charge in [-0.25, -0.2) is 0 Å². The molecule has 3 nitrogen and oxygen atoms in total. The molecule has 1 saturated heterocycles. The van der Waals surface area contributed by atoms with Crippen molar-refractivity contribution in [2.24, 2.45) is 0 Å². The second-order valence-electron chi connectivity index (χ2n) is 2.45. The fraction of sp³-hybridized carbons (Fsp3) is 0.556. The van der Waals surface area contributed by atoms with Crippen LogP contribution in [0.5, 0.6) is 0 Å². The Balaban J connectivity index is 0.000000120. The summed E-state index contributed by atoms with van der Waals surface area (Å²) in [4.78, 5) is 0. The van der Waals surface area contributed by atoms with Crippen LogP contribution in [0.3, 0.4) is 0 Å². The van der Waals surface area contributed by atoms with E-state index in [0.717, 1.165) is 32.2 Å². The van der Waals surface area contributed by atoms with Crippen LogP contribution >= 0.6 is 0 Å². The fourth-order valence-corrected chi connectivity index (χ4v) is 0.801. The third-order valence-electron chi connectivity index (χ3n) is 1.41. The molecule has 0 aliphatic carbocycles. The van der Waals surface area contributed by atoms with E-state index < -0.39 is 0 Å². The monoisotopic (exact) mass is 170 g/mol. The maximum Gasteiger partial charge on any atom is 0.100 e. The highest BCUT2D eigenvalue weighted by atomic mass is 16.6. The number of ether oxygens (including phenoxy) is 2. The number of rotatable bonds is 0. The zero-order chi connectivity index (χ0) is 8.65. The van der Waals surface area contributed by atoms with Crippen molar-refractivity contribution in [1.82, 2.24) is 0 Å². The van der Waals surface area contributed by atoms with Crippen molar-refractivity contribution in [2.45, 2.75) is 6.92 Å². The summed E-state index contributed by atoms with van der Waals surface area (Å²) in [5.41, 5.74) is 0. The van der Waals surface area contributed by atoms with Crippen LogP contribution in [0, 0.1) is 6.92 Å². The van der Waals surface area contributed by atoms with Crippen molar-refractivity contribution in [3.63, 3.8) is 0 Å². The summed E-state index contributed by atoms with van der Waals surface area (Å²) >= 11 is 0. The molecule has 1 aliphatic rings. The lowest BCUT2D eigenvalue weighted by molar-refractivity contribution is -0.0334. The second kappa shape index (κ2) is 5.80. The van der Waals surface area contributed by atoms with Crippen LogP contribution < -0.4 is 0 Å². The van der Waals surface area contributed by atoms with Gasteiger partial charge in [0, 0.05) is 0 Å². The van der Waals surface area contributed by atoms with Crippen LogP contribution in [0.15, 0.2) is 22.8 Å². The lowest BCUT2D eigenvalue weighted by Gasteiger charge is -2.09.